The summed E-state index contributed by atoms with van der Waals surface area (Å²) in [5.74, 6) is 1.08. The van der Waals surface area contributed by atoms with Crippen LogP contribution in [0, 0.1) is 6.92 Å². The predicted molar refractivity (Wildman–Crippen MR) is 85.0 cm³/mol. The van der Waals surface area contributed by atoms with Crippen LogP contribution >= 0.6 is 27.3 Å². The van der Waals surface area contributed by atoms with Crippen LogP contribution in [0.25, 0.3) is 0 Å². The third kappa shape index (κ3) is 3.30. The fraction of sp³-hybridized carbons (Fsp3) is 0.467. The molecule has 0 aliphatic rings. The summed E-state index contributed by atoms with van der Waals surface area (Å²) in [6.45, 7) is 7.51. The van der Waals surface area contributed by atoms with Crippen molar-refractivity contribution < 1.29 is 4.42 Å². The molecule has 0 saturated heterocycles. The quantitative estimate of drug-likeness (QED) is 0.793. The van der Waals surface area contributed by atoms with E-state index in [-0.39, 0.29) is 6.04 Å². The van der Waals surface area contributed by atoms with Crippen LogP contribution in [0.2, 0.25) is 0 Å². The number of hydrogen-bond donors (Lipinski definition) is 1. The van der Waals surface area contributed by atoms with Crippen molar-refractivity contribution in [2.24, 2.45) is 0 Å². The van der Waals surface area contributed by atoms with Gasteiger partial charge in [0, 0.05) is 16.9 Å². The molecule has 0 aliphatic carbocycles. The highest BCUT2D eigenvalue weighted by Gasteiger charge is 2.21. The summed E-state index contributed by atoms with van der Waals surface area (Å²) in [5, 5.41) is 3.64. The largest absolute Gasteiger partial charge is 0.469 e. The Kier molecular flexibility index (Phi) is 5.25. The molecule has 2 nitrogen and oxygen atoms in total. The number of hydrogen-bond acceptors (Lipinski definition) is 3. The topological polar surface area (TPSA) is 25.2 Å². The Morgan fingerprint density at radius 1 is 1.37 bits per heavy atom. The van der Waals surface area contributed by atoms with Gasteiger partial charge in [-0.05, 0) is 53.5 Å². The van der Waals surface area contributed by atoms with E-state index in [9.17, 15) is 0 Å². The molecule has 2 aromatic heterocycles. The molecule has 0 aromatic carbocycles. The second-order valence-corrected chi connectivity index (χ2v) is 7.24. The van der Waals surface area contributed by atoms with Crippen molar-refractivity contribution in [3.63, 3.8) is 0 Å². The fourth-order valence-corrected chi connectivity index (χ4v) is 4.06. The number of thiophene rings is 1. The van der Waals surface area contributed by atoms with Crippen molar-refractivity contribution in [3.05, 3.63) is 43.9 Å². The van der Waals surface area contributed by atoms with Gasteiger partial charge in [-0.15, -0.1) is 11.3 Å². The third-order valence-electron chi connectivity index (χ3n) is 3.25. The van der Waals surface area contributed by atoms with Gasteiger partial charge in [0.1, 0.15) is 5.76 Å². The van der Waals surface area contributed by atoms with Crippen molar-refractivity contribution in [2.45, 2.75) is 39.7 Å². The Labute approximate surface area is 127 Å². The van der Waals surface area contributed by atoms with Crippen LogP contribution in [0.3, 0.4) is 0 Å². The van der Waals surface area contributed by atoms with Crippen LogP contribution in [0.5, 0.6) is 0 Å². The molecule has 1 unspecified atom stereocenters. The third-order valence-corrected chi connectivity index (χ3v) is 4.82. The average molecular weight is 342 g/mol. The maximum Gasteiger partial charge on any atom is 0.108 e. The number of halogens is 1. The zero-order valence-electron chi connectivity index (χ0n) is 11.6. The minimum atomic E-state index is 0.233. The van der Waals surface area contributed by atoms with Gasteiger partial charge in [0.15, 0.2) is 0 Å². The van der Waals surface area contributed by atoms with Crippen LogP contribution in [0.4, 0.5) is 0 Å². The molecule has 104 valence electrons. The van der Waals surface area contributed by atoms with Gasteiger partial charge in [-0.1, -0.05) is 13.8 Å². The van der Waals surface area contributed by atoms with Gasteiger partial charge in [0.25, 0.3) is 0 Å². The summed E-state index contributed by atoms with van der Waals surface area (Å²) in [5.41, 5.74) is 2.62. The monoisotopic (exact) mass is 341 g/mol. The van der Waals surface area contributed by atoms with E-state index in [4.69, 9.17) is 4.42 Å². The van der Waals surface area contributed by atoms with E-state index < -0.39 is 0 Å². The number of aryl methyl sites for hydroxylation is 2. The summed E-state index contributed by atoms with van der Waals surface area (Å²) in [6.07, 6.45) is 3.85. The first-order valence-electron chi connectivity index (χ1n) is 6.72. The highest BCUT2D eigenvalue weighted by atomic mass is 79.9. The Balaban J connectivity index is 2.38. The number of furan rings is 1. The van der Waals surface area contributed by atoms with Gasteiger partial charge in [0.05, 0.1) is 16.1 Å². The van der Waals surface area contributed by atoms with E-state index in [1.54, 1.807) is 17.6 Å². The molecule has 0 radical (unpaired) electrons. The Morgan fingerprint density at radius 2 is 2.16 bits per heavy atom. The molecule has 0 saturated carbocycles. The lowest BCUT2D eigenvalue weighted by Crippen LogP contribution is -2.23. The zero-order chi connectivity index (χ0) is 13.8. The molecule has 0 fully saturated rings. The van der Waals surface area contributed by atoms with Crippen molar-refractivity contribution in [2.75, 3.05) is 6.54 Å². The van der Waals surface area contributed by atoms with Gasteiger partial charge in [-0.2, -0.15) is 0 Å². The molecule has 1 atom stereocenters. The first kappa shape index (κ1) is 14.8. The smallest absolute Gasteiger partial charge is 0.108 e. The Bertz CT molecular complexity index is 532. The molecule has 0 spiro atoms. The second kappa shape index (κ2) is 6.73. The summed E-state index contributed by atoms with van der Waals surface area (Å²) in [7, 11) is 0. The van der Waals surface area contributed by atoms with E-state index in [0.717, 1.165) is 25.1 Å². The second-order valence-electron chi connectivity index (χ2n) is 4.60. The molecule has 19 heavy (non-hydrogen) atoms. The summed E-state index contributed by atoms with van der Waals surface area (Å²) in [6, 6.07) is 4.55. The van der Waals surface area contributed by atoms with Crippen LogP contribution in [-0.2, 0) is 6.42 Å². The van der Waals surface area contributed by atoms with Crippen LogP contribution in [-0.4, -0.2) is 6.54 Å². The first-order chi connectivity index (χ1) is 9.17. The van der Waals surface area contributed by atoms with E-state index in [1.807, 2.05) is 0 Å². The zero-order valence-corrected chi connectivity index (χ0v) is 14.0. The molecule has 0 amide bonds. The van der Waals surface area contributed by atoms with Gasteiger partial charge in [-0.25, -0.2) is 0 Å². The van der Waals surface area contributed by atoms with Gasteiger partial charge in [-0.3, -0.25) is 0 Å². The lowest BCUT2D eigenvalue weighted by atomic mass is 9.99. The first-order valence-corrected chi connectivity index (χ1v) is 8.33. The van der Waals surface area contributed by atoms with Gasteiger partial charge >= 0.3 is 0 Å². The highest BCUT2D eigenvalue weighted by Crippen LogP contribution is 2.35. The summed E-state index contributed by atoms with van der Waals surface area (Å²) < 4.78 is 6.78. The minimum Gasteiger partial charge on any atom is -0.469 e. The van der Waals surface area contributed by atoms with Crippen LogP contribution in [0.15, 0.2) is 26.6 Å². The molecule has 2 rings (SSSR count). The van der Waals surface area contributed by atoms with Gasteiger partial charge < -0.3 is 9.73 Å². The van der Waals surface area contributed by atoms with Crippen LogP contribution < -0.4 is 5.32 Å². The molecular formula is C15H20BrNOS. The summed E-state index contributed by atoms with van der Waals surface area (Å²) >= 11 is 5.37. The molecule has 0 aliphatic heterocycles. The molecular weight excluding hydrogens is 322 g/mol. The summed E-state index contributed by atoms with van der Waals surface area (Å²) in [4.78, 5) is 1.35. The Morgan fingerprint density at radius 3 is 2.74 bits per heavy atom. The molecule has 1 N–H and O–H groups in total. The molecule has 4 heteroatoms. The Hall–Kier alpha value is -0.580. The minimum absolute atomic E-state index is 0.233. The van der Waals surface area contributed by atoms with E-state index in [1.165, 1.54) is 19.8 Å². The maximum absolute atomic E-state index is 5.59. The lowest BCUT2D eigenvalue weighted by Gasteiger charge is -2.18. The van der Waals surface area contributed by atoms with Gasteiger partial charge in [0.2, 0.25) is 0 Å². The van der Waals surface area contributed by atoms with Crippen molar-refractivity contribution in [1.29, 1.82) is 0 Å². The SMILES string of the molecule is CCCNC(c1ccoc1CC)c1cc(Br)sc1C. The predicted octanol–water partition coefficient (Wildman–Crippen LogP) is 5.06. The average Bonchev–Trinajstić information content (AvgIpc) is 2.97. The number of rotatable bonds is 6. The van der Waals surface area contributed by atoms with Crippen LogP contribution in [0.1, 0.15) is 48.1 Å². The number of nitrogens with one attached hydrogen (secondary N) is 1. The van der Waals surface area contributed by atoms with Crippen molar-refractivity contribution in [1.82, 2.24) is 5.32 Å². The standard InChI is InChI=1S/C15H20BrNOS/c1-4-7-17-15(11-6-8-18-13(11)5-2)12-9-14(16)19-10(12)3/h6,8-9,15,17H,4-5,7H2,1-3H3. The lowest BCUT2D eigenvalue weighted by molar-refractivity contribution is 0.500. The van der Waals surface area contributed by atoms with E-state index in [2.05, 4.69) is 54.2 Å². The highest BCUT2D eigenvalue weighted by molar-refractivity contribution is 9.11. The van der Waals surface area contributed by atoms with Crippen molar-refractivity contribution >= 4 is 27.3 Å². The van der Waals surface area contributed by atoms with E-state index in [0.29, 0.717) is 0 Å². The fourth-order valence-electron chi connectivity index (χ4n) is 2.32. The molecule has 2 heterocycles. The molecule has 0 bridgehead atoms. The molecule has 2 aromatic rings. The van der Waals surface area contributed by atoms with Crippen molar-refractivity contribution in [3.8, 4) is 0 Å². The maximum atomic E-state index is 5.59. The normalized spacial score (nSPS) is 12.8. The van der Waals surface area contributed by atoms with E-state index >= 15 is 0 Å².